The van der Waals surface area contributed by atoms with Crippen molar-refractivity contribution in [2.75, 3.05) is 40.8 Å². The largest absolute Gasteiger partial charge is 0.493 e. The summed E-state index contributed by atoms with van der Waals surface area (Å²) in [4.78, 5) is 24.0. The Morgan fingerprint density at radius 1 is 1.26 bits per heavy atom. The van der Waals surface area contributed by atoms with Crippen LogP contribution >= 0.6 is 0 Å². The molecule has 1 saturated heterocycles. The van der Waals surface area contributed by atoms with Gasteiger partial charge in [-0.15, -0.1) is 0 Å². The number of nitrogens with zero attached hydrogens (tertiary/aromatic N) is 5. The summed E-state index contributed by atoms with van der Waals surface area (Å²) >= 11 is 0. The molecule has 0 radical (unpaired) electrons. The first-order chi connectivity index (χ1) is 16.8. The van der Waals surface area contributed by atoms with Gasteiger partial charge in [-0.2, -0.15) is 5.10 Å². The highest BCUT2D eigenvalue weighted by molar-refractivity contribution is 5.92. The van der Waals surface area contributed by atoms with Crippen LogP contribution in [0.1, 0.15) is 37.3 Å². The first-order valence-corrected chi connectivity index (χ1v) is 12.3. The van der Waals surface area contributed by atoms with Gasteiger partial charge in [0.25, 0.3) is 0 Å². The smallest absolute Gasteiger partial charge is 0.236 e. The normalized spacial score (nSPS) is 14.4. The predicted molar refractivity (Wildman–Crippen MR) is 138 cm³/mol. The van der Waals surface area contributed by atoms with Crippen molar-refractivity contribution >= 4 is 22.5 Å². The molecule has 4 heterocycles. The highest BCUT2D eigenvalue weighted by Crippen LogP contribution is 2.37. The number of nitrogens with one attached hydrogen (secondary N) is 1. The SMILES string of the molecule is COc1cc(-c2[nH]c3ccc(CCC4CN(C(=O)CN(C)C)C4)cc3c2C(C)C)cn2ncnc12. The molecular formula is C27H34N6O2. The number of methoxy groups -OCH3 is 1. The third-order valence-electron chi connectivity index (χ3n) is 6.93. The Morgan fingerprint density at radius 3 is 2.77 bits per heavy atom. The van der Waals surface area contributed by atoms with E-state index >= 15 is 0 Å². The number of likely N-dealkylation sites (N-methyl/N-ethyl adjacent to an activating group) is 1. The summed E-state index contributed by atoms with van der Waals surface area (Å²) in [7, 11) is 5.53. The van der Waals surface area contributed by atoms with Gasteiger partial charge >= 0.3 is 0 Å². The minimum Gasteiger partial charge on any atom is -0.493 e. The number of aromatic amines is 1. The molecule has 35 heavy (non-hydrogen) atoms. The van der Waals surface area contributed by atoms with E-state index in [2.05, 4.69) is 47.1 Å². The number of benzene rings is 1. The molecule has 0 saturated carbocycles. The molecule has 4 aromatic rings. The molecule has 1 amide bonds. The highest BCUT2D eigenvalue weighted by Gasteiger charge is 2.30. The third-order valence-corrected chi connectivity index (χ3v) is 6.93. The molecule has 8 nitrogen and oxygen atoms in total. The minimum absolute atomic E-state index is 0.231. The highest BCUT2D eigenvalue weighted by atomic mass is 16.5. The van der Waals surface area contributed by atoms with Crippen molar-refractivity contribution in [2.45, 2.75) is 32.6 Å². The summed E-state index contributed by atoms with van der Waals surface area (Å²) in [5, 5.41) is 5.59. The van der Waals surface area contributed by atoms with Gasteiger partial charge < -0.3 is 19.5 Å². The van der Waals surface area contributed by atoms with Gasteiger partial charge in [-0.05, 0) is 68.1 Å². The average molecular weight is 475 g/mol. The second-order valence-electron chi connectivity index (χ2n) is 10.2. The lowest BCUT2D eigenvalue weighted by Crippen LogP contribution is -2.52. The Morgan fingerprint density at radius 2 is 2.06 bits per heavy atom. The fraction of sp³-hybridized carbons (Fsp3) is 0.444. The average Bonchev–Trinajstić information content (AvgIpc) is 3.41. The summed E-state index contributed by atoms with van der Waals surface area (Å²) in [6.07, 6.45) is 5.67. The van der Waals surface area contributed by atoms with Crippen LogP contribution in [0, 0.1) is 5.92 Å². The molecule has 1 aliphatic rings. The number of ether oxygens (including phenoxy) is 1. The lowest BCUT2D eigenvalue weighted by molar-refractivity contribution is -0.138. The zero-order valence-electron chi connectivity index (χ0n) is 21.2. The van der Waals surface area contributed by atoms with Gasteiger partial charge in [0, 0.05) is 35.8 Å². The standard InChI is InChI=1S/C27H34N6O2/c1-17(2)25-21-10-18(6-7-19-12-32(13-19)24(34)15-31(3)4)8-9-22(21)30-26(25)20-11-23(35-5)27-28-16-29-33(27)14-20/h8-11,14,16-17,19,30H,6-7,12-13,15H2,1-5H3. The zero-order chi connectivity index (χ0) is 24.7. The number of amides is 1. The third kappa shape index (κ3) is 4.50. The topological polar surface area (TPSA) is 78.8 Å². The van der Waals surface area contributed by atoms with Crippen molar-refractivity contribution in [1.29, 1.82) is 0 Å². The molecule has 8 heteroatoms. The molecule has 1 aliphatic heterocycles. The summed E-state index contributed by atoms with van der Waals surface area (Å²) in [5.41, 5.74) is 6.60. The number of carbonyl (C=O) groups is 1. The van der Waals surface area contributed by atoms with Gasteiger partial charge in [0.1, 0.15) is 6.33 Å². The second kappa shape index (κ2) is 9.34. The van der Waals surface area contributed by atoms with Crippen LogP contribution in [0.4, 0.5) is 0 Å². The molecule has 1 aromatic carbocycles. The lowest BCUT2D eigenvalue weighted by Gasteiger charge is -2.40. The van der Waals surface area contributed by atoms with E-state index in [-0.39, 0.29) is 5.91 Å². The van der Waals surface area contributed by atoms with E-state index in [4.69, 9.17) is 4.74 Å². The first kappa shape index (κ1) is 23.4. The lowest BCUT2D eigenvalue weighted by atomic mass is 9.91. The Bertz CT molecular complexity index is 1360. The van der Waals surface area contributed by atoms with Crippen molar-refractivity contribution in [3.63, 3.8) is 0 Å². The van der Waals surface area contributed by atoms with Crippen LogP contribution in [0.3, 0.4) is 0 Å². The van der Waals surface area contributed by atoms with Gasteiger partial charge in [-0.1, -0.05) is 19.9 Å². The molecular weight excluding hydrogens is 440 g/mol. The number of aromatic nitrogens is 4. The molecule has 1 N–H and O–H groups in total. The Balaban J connectivity index is 1.37. The second-order valence-corrected chi connectivity index (χ2v) is 10.2. The van der Waals surface area contributed by atoms with E-state index in [0.717, 1.165) is 42.7 Å². The fourth-order valence-electron chi connectivity index (χ4n) is 5.12. The number of likely N-dealkylation sites (tertiary alicyclic amines) is 1. The van der Waals surface area contributed by atoms with Crippen LogP contribution in [0.2, 0.25) is 0 Å². The summed E-state index contributed by atoms with van der Waals surface area (Å²) in [5.74, 6) is 1.86. The van der Waals surface area contributed by atoms with Crippen LogP contribution < -0.4 is 4.74 Å². The fourth-order valence-corrected chi connectivity index (χ4v) is 5.12. The molecule has 0 spiro atoms. The van der Waals surface area contributed by atoms with Crippen molar-refractivity contribution in [3.05, 3.63) is 47.9 Å². The van der Waals surface area contributed by atoms with Gasteiger partial charge in [0.05, 0.1) is 19.3 Å². The monoisotopic (exact) mass is 474 g/mol. The number of rotatable bonds is 8. The van der Waals surface area contributed by atoms with E-state index in [1.54, 1.807) is 18.0 Å². The van der Waals surface area contributed by atoms with Crippen LogP contribution in [-0.4, -0.2) is 76.1 Å². The molecule has 1 fully saturated rings. The molecule has 184 valence electrons. The maximum Gasteiger partial charge on any atom is 0.236 e. The molecule has 0 aliphatic carbocycles. The maximum atomic E-state index is 12.2. The summed E-state index contributed by atoms with van der Waals surface area (Å²) < 4.78 is 7.35. The quantitative estimate of drug-likeness (QED) is 0.418. The van der Waals surface area contributed by atoms with Crippen LogP contribution in [0.5, 0.6) is 5.75 Å². The molecule has 3 aromatic heterocycles. The Labute approximate surface area is 205 Å². The van der Waals surface area contributed by atoms with Crippen LogP contribution in [0.15, 0.2) is 36.8 Å². The summed E-state index contributed by atoms with van der Waals surface area (Å²) in [6, 6.07) is 8.78. The number of carbonyl (C=O) groups excluding carboxylic acids is 1. The number of hydrogen-bond acceptors (Lipinski definition) is 5. The van der Waals surface area contributed by atoms with Crippen molar-refractivity contribution in [1.82, 2.24) is 29.4 Å². The Hall–Kier alpha value is -3.39. The van der Waals surface area contributed by atoms with Crippen LogP contribution in [-0.2, 0) is 11.2 Å². The molecule has 5 rings (SSSR count). The minimum atomic E-state index is 0.231. The van der Waals surface area contributed by atoms with E-state index in [0.29, 0.717) is 29.8 Å². The predicted octanol–water partition coefficient (Wildman–Crippen LogP) is 3.96. The maximum absolute atomic E-state index is 12.2. The van der Waals surface area contributed by atoms with E-state index in [1.165, 1.54) is 16.5 Å². The van der Waals surface area contributed by atoms with Crippen LogP contribution in [0.25, 0.3) is 27.8 Å². The number of H-pyrrole nitrogens is 1. The number of hydrogen-bond donors (Lipinski definition) is 1. The van der Waals surface area contributed by atoms with E-state index in [9.17, 15) is 4.79 Å². The number of aryl methyl sites for hydroxylation is 1. The van der Waals surface area contributed by atoms with Crippen molar-refractivity contribution in [3.8, 4) is 17.0 Å². The van der Waals surface area contributed by atoms with Crippen molar-refractivity contribution < 1.29 is 9.53 Å². The first-order valence-electron chi connectivity index (χ1n) is 12.3. The summed E-state index contributed by atoms with van der Waals surface area (Å²) in [6.45, 7) is 6.72. The zero-order valence-corrected chi connectivity index (χ0v) is 21.2. The van der Waals surface area contributed by atoms with Crippen molar-refractivity contribution in [2.24, 2.45) is 5.92 Å². The van der Waals surface area contributed by atoms with Gasteiger partial charge in [-0.3, -0.25) is 4.79 Å². The van der Waals surface area contributed by atoms with Gasteiger partial charge in [0.2, 0.25) is 5.91 Å². The van der Waals surface area contributed by atoms with Gasteiger partial charge in [0.15, 0.2) is 11.4 Å². The Kier molecular flexibility index (Phi) is 6.23. The number of fused-ring (bicyclic) bond motifs is 2. The van der Waals surface area contributed by atoms with E-state index in [1.807, 2.05) is 36.2 Å². The molecule has 0 unspecified atom stereocenters. The molecule has 0 atom stereocenters. The van der Waals surface area contributed by atoms with E-state index < -0.39 is 0 Å². The van der Waals surface area contributed by atoms with Gasteiger partial charge in [-0.25, -0.2) is 9.50 Å². The number of pyridine rings is 1. The molecule has 0 bridgehead atoms.